The van der Waals surface area contributed by atoms with Crippen molar-refractivity contribution in [1.82, 2.24) is 15.0 Å². The molecule has 1 heterocycles. The van der Waals surface area contributed by atoms with E-state index in [1.165, 1.54) is 0 Å². The van der Waals surface area contributed by atoms with Gasteiger partial charge in [-0.05, 0) is 42.0 Å². The summed E-state index contributed by atoms with van der Waals surface area (Å²) in [6.07, 6.45) is 3.30. The first kappa shape index (κ1) is 13.9. The summed E-state index contributed by atoms with van der Waals surface area (Å²) in [6, 6.07) is 13.3. The number of halogens is 2. The van der Waals surface area contributed by atoms with E-state index in [2.05, 4.69) is 15.5 Å². The lowest BCUT2D eigenvalue weighted by Crippen LogP contribution is -2.01. The van der Waals surface area contributed by atoms with E-state index in [9.17, 15) is 0 Å². The lowest BCUT2D eigenvalue weighted by atomic mass is 10.2. The Kier molecular flexibility index (Phi) is 4.08. The van der Waals surface area contributed by atoms with Gasteiger partial charge < -0.3 is 5.32 Å². The van der Waals surface area contributed by atoms with Crippen LogP contribution >= 0.6 is 23.2 Å². The Labute approximate surface area is 132 Å². The zero-order valence-corrected chi connectivity index (χ0v) is 12.5. The minimum atomic E-state index is 0.634. The lowest BCUT2D eigenvalue weighted by molar-refractivity contribution is 0.752. The maximum Gasteiger partial charge on any atom is 0.0858 e. The zero-order valence-electron chi connectivity index (χ0n) is 11.0. The first-order chi connectivity index (χ1) is 10.2. The van der Waals surface area contributed by atoms with Crippen LogP contribution in [-0.4, -0.2) is 15.0 Å². The van der Waals surface area contributed by atoms with Crippen LogP contribution in [0.4, 0.5) is 5.69 Å². The number of aromatic nitrogens is 3. The van der Waals surface area contributed by atoms with E-state index < -0.39 is 0 Å². The Morgan fingerprint density at radius 1 is 0.952 bits per heavy atom. The summed E-state index contributed by atoms with van der Waals surface area (Å²) in [5.41, 5.74) is 2.91. The number of hydrogen-bond donors (Lipinski definition) is 1. The maximum absolute atomic E-state index is 6.14. The molecular formula is C15H12Cl2N4. The summed E-state index contributed by atoms with van der Waals surface area (Å²) >= 11 is 12.0. The van der Waals surface area contributed by atoms with Gasteiger partial charge in [0.25, 0.3) is 0 Å². The molecular weight excluding hydrogens is 307 g/mol. The van der Waals surface area contributed by atoms with Crippen LogP contribution < -0.4 is 5.32 Å². The van der Waals surface area contributed by atoms with Crippen LogP contribution in [0.25, 0.3) is 5.69 Å². The molecule has 0 amide bonds. The highest BCUT2D eigenvalue weighted by Gasteiger charge is 2.02. The smallest absolute Gasteiger partial charge is 0.0858 e. The van der Waals surface area contributed by atoms with E-state index in [1.807, 2.05) is 36.4 Å². The van der Waals surface area contributed by atoms with Crippen LogP contribution in [0.15, 0.2) is 54.9 Å². The second-order valence-corrected chi connectivity index (χ2v) is 5.30. The van der Waals surface area contributed by atoms with Crippen LogP contribution in [0.1, 0.15) is 5.56 Å². The van der Waals surface area contributed by atoms with Crippen LogP contribution in [-0.2, 0) is 6.54 Å². The molecule has 0 fully saturated rings. The summed E-state index contributed by atoms with van der Waals surface area (Å²) in [5.74, 6) is 0. The van der Waals surface area contributed by atoms with E-state index in [0.29, 0.717) is 16.6 Å². The van der Waals surface area contributed by atoms with Crippen molar-refractivity contribution < 1.29 is 0 Å². The topological polar surface area (TPSA) is 42.7 Å². The number of rotatable bonds is 4. The Balaban J connectivity index is 1.68. The number of nitrogens with one attached hydrogen (secondary N) is 1. The Bertz CT molecular complexity index is 724. The number of nitrogens with zero attached hydrogens (tertiary/aromatic N) is 3. The standard InChI is InChI=1S/C15H12Cl2N4/c16-12-2-1-11(15(17)9-12)10-18-13-3-5-14(6-4-13)21-19-7-8-20-21/h1-9,18H,10H2. The Morgan fingerprint density at radius 2 is 1.67 bits per heavy atom. The molecule has 0 spiro atoms. The highest BCUT2D eigenvalue weighted by molar-refractivity contribution is 6.35. The van der Waals surface area contributed by atoms with Gasteiger partial charge in [-0.3, -0.25) is 0 Å². The molecule has 0 aliphatic carbocycles. The largest absolute Gasteiger partial charge is 0.381 e. The van der Waals surface area contributed by atoms with Gasteiger partial charge >= 0.3 is 0 Å². The maximum atomic E-state index is 6.14. The first-order valence-corrected chi connectivity index (χ1v) is 7.12. The van der Waals surface area contributed by atoms with Crippen molar-refractivity contribution in [3.8, 4) is 5.69 Å². The van der Waals surface area contributed by atoms with Gasteiger partial charge in [0.05, 0.1) is 18.1 Å². The van der Waals surface area contributed by atoms with Gasteiger partial charge in [-0.15, -0.1) is 0 Å². The van der Waals surface area contributed by atoms with Gasteiger partial charge in [-0.1, -0.05) is 29.3 Å². The second kappa shape index (κ2) is 6.16. The van der Waals surface area contributed by atoms with Gasteiger partial charge in [-0.25, -0.2) is 0 Å². The predicted octanol–water partition coefficient (Wildman–Crippen LogP) is 4.19. The molecule has 2 aromatic carbocycles. The molecule has 0 atom stereocenters. The molecule has 3 rings (SSSR count). The lowest BCUT2D eigenvalue weighted by Gasteiger charge is -2.09. The summed E-state index contributed by atoms with van der Waals surface area (Å²) in [4.78, 5) is 1.57. The molecule has 6 heteroatoms. The summed E-state index contributed by atoms with van der Waals surface area (Å²) < 4.78 is 0. The molecule has 0 saturated heterocycles. The normalized spacial score (nSPS) is 10.6. The van der Waals surface area contributed by atoms with E-state index in [4.69, 9.17) is 23.2 Å². The van der Waals surface area contributed by atoms with E-state index in [-0.39, 0.29) is 0 Å². The van der Waals surface area contributed by atoms with Gasteiger partial charge in [0.2, 0.25) is 0 Å². The quantitative estimate of drug-likeness (QED) is 0.784. The van der Waals surface area contributed by atoms with Gasteiger partial charge in [0.1, 0.15) is 0 Å². The van der Waals surface area contributed by atoms with Crippen molar-refractivity contribution in [2.75, 3.05) is 5.32 Å². The third-order valence-electron chi connectivity index (χ3n) is 3.02. The zero-order chi connectivity index (χ0) is 14.7. The predicted molar refractivity (Wildman–Crippen MR) is 85.1 cm³/mol. The molecule has 0 aliphatic rings. The fraction of sp³-hybridized carbons (Fsp3) is 0.0667. The van der Waals surface area contributed by atoms with Crippen molar-refractivity contribution in [3.05, 3.63) is 70.5 Å². The molecule has 4 nitrogen and oxygen atoms in total. The number of benzene rings is 2. The average Bonchev–Trinajstić information content (AvgIpc) is 3.01. The summed E-state index contributed by atoms with van der Waals surface area (Å²) in [5, 5.41) is 12.8. The van der Waals surface area contributed by atoms with Gasteiger partial charge in [0, 0.05) is 22.3 Å². The van der Waals surface area contributed by atoms with Crippen molar-refractivity contribution in [2.24, 2.45) is 0 Å². The third-order valence-corrected chi connectivity index (χ3v) is 3.60. The monoisotopic (exact) mass is 318 g/mol. The van der Waals surface area contributed by atoms with E-state index in [1.54, 1.807) is 23.3 Å². The van der Waals surface area contributed by atoms with Crippen molar-refractivity contribution in [1.29, 1.82) is 0 Å². The molecule has 1 N–H and O–H groups in total. The number of anilines is 1. The molecule has 21 heavy (non-hydrogen) atoms. The average molecular weight is 319 g/mol. The van der Waals surface area contributed by atoms with Crippen molar-refractivity contribution in [2.45, 2.75) is 6.54 Å². The van der Waals surface area contributed by atoms with Gasteiger partial charge in [0.15, 0.2) is 0 Å². The molecule has 0 saturated carbocycles. The van der Waals surface area contributed by atoms with Crippen molar-refractivity contribution in [3.63, 3.8) is 0 Å². The second-order valence-electron chi connectivity index (χ2n) is 4.45. The SMILES string of the molecule is Clc1ccc(CNc2ccc(-n3nccn3)cc2)c(Cl)c1. The van der Waals surface area contributed by atoms with Crippen molar-refractivity contribution >= 4 is 28.9 Å². The van der Waals surface area contributed by atoms with E-state index in [0.717, 1.165) is 16.9 Å². The molecule has 0 bridgehead atoms. The highest BCUT2D eigenvalue weighted by atomic mass is 35.5. The molecule has 1 aromatic heterocycles. The van der Waals surface area contributed by atoms with Crippen LogP contribution in [0.5, 0.6) is 0 Å². The van der Waals surface area contributed by atoms with Crippen LogP contribution in [0.2, 0.25) is 10.0 Å². The van der Waals surface area contributed by atoms with Crippen LogP contribution in [0.3, 0.4) is 0 Å². The fourth-order valence-electron chi connectivity index (χ4n) is 1.92. The fourth-order valence-corrected chi connectivity index (χ4v) is 2.40. The third kappa shape index (κ3) is 3.35. The Hall–Kier alpha value is -2.04. The molecule has 106 valence electrons. The molecule has 0 radical (unpaired) electrons. The van der Waals surface area contributed by atoms with Gasteiger partial charge in [-0.2, -0.15) is 15.0 Å². The summed E-state index contributed by atoms with van der Waals surface area (Å²) in [7, 11) is 0. The molecule has 3 aromatic rings. The Morgan fingerprint density at radius 3 is 2.33 bits per heavy atom. The number of hydrogen-bond acceptors (Lipinski definition) is 3. The summed E-state index contributed by atoms with van der Waals surface area (Å²) in [6.45, 7) is 0.634. The molecule has 0 aliphatic heterocycles. The minimum absolute atomic E-state index is 0.634. The minimum Gasteiger partial charge on any atom is -0.381 e. The highest BCUT2D eigenvalue weighted by Crippen LogP contribution is 2.22. The molecule has 0 unspecified atom stereocenters. The van der Waals surface area contributed by atoms with Crippen LogP contribution in [0, 0.1) is 0 Å². The first-order valence-electron chi connectivity index (χ1n) is 6.37. The van der Waals surface area contributed by atoms with E-state index >= 15 is 0 Å².